The fourth-order valence-corrected chi connectivity index (χ4v) is 1.94. The van der Waals surface area contributed by atoms with Gasteiger partial charge in [-0.1, -0.05) is 19.1 Å². The van der Waals surface area contributed by atoms with E-state index >= 15 is 0 Å². The molecule has 1 aromatic carbocycles. The second-order valence-electron chi connectivity index (χ2n) is 3.79. The van der Waals surface area contributed by atoms with Crippen molar-refractivity contribution in [1.82, 2.24) is 0 Å². The van der Waals surface area contributed by atoms with E-state index in [0.717, 1.165) is 11.8 Å². The highest BCUT2D eigenvalue weighted by Crippen LogP contribution is 2.13. The molecule has 0 fully saturated rings. The third-order valence-corrected chi connectivity index (χ3v) is 3.17. The lowest BCUT2D eigenvalue weighted by molar-refractivity contribution is -0.133. The topological polar surface area (TPSA) is 83.5 Å². The predicted octanol–water partition coefficient (Wildman–Crippen LogP) is 2.04. The molecule has 0 spiro atoms. The number of aliphatic carboxylic acids is 1. The van der Waals surface area contributed by atoms with Crippen molar-refractivity contribution in [2.45, 2.75) is 13.3 Å². The summed E-state index contributed by atoms with van der Waals surface area (Å²) in [5.74, 6) is -1.27. The first-order chi connectivity index (χ1) is 9.02. The Balaban J connectivity index is 2.54. The molecule has 102 valence electrons. The van der Waals surface area contributed by atoms with E-state index in [0.29, 0.717) is 17.7 Å². The molecule has 19 heavy (non-hydrogen) atoms. The SMILES string of the molecule is CCC(=O)c1cccc(NC(=O)CSCC(=O)O)c1. The number of rotatable bonds is 7. The number of amides is 1. The van der Waals surface area contributed by atoms with E-state index in [1.807, 2.05) is 0 Å². The molecule has 2 N–H and O–H groups in total. The van der Waals surface area contributed by atoms with Crippen LogP contribution in [0.2, 0.25) is 0 Å². The average Bonchev–Trinajstić information content (AvgIpc) is 2.37. The van der Waals surface area contributed by atoms with E-state index in [9.17, 15) is 14.4 Å². The van der Waals surface area contributed by atoms with Crippen molar-refractivity contribution >= 4 is 35.1 Å². The van der Waals surface area contributed by atoms with Crippen LogP contribution in [0.4, 0.5) is 5.69 Å². The molecular formula is C13H15NO4S. The van der Waals surface area contributed by atoms with Gasteiger partial charge in [0.2, 0.25) is 5.91 Å². The van der Waals surface area contributed by atoms with Crippen molar-refractivity contribution in [3.8, 4) is 0 Å². The summed E-state index contributed by atoms with van der Waals surface area (Å²) in [6, 6.07) is 6.70. The maximum Gasteiger partial charge on any atom is 0.313 e. The van der Waals surface area contributed by atoms with Gasteiger partial charge in [0.15, 0.2) is 5.78 Å². The van der Waals surface area contributed by atoms with Gasteiger partial charge in [-0.2, -0.15) is 0 Å². The molecule has 6 heteroatoms. The first-order valence-electron chi connectivity index (χ1n) is 5.75. The highest BCUT2D eigenvalue weighted by Gasteiger charge is 2.07. The van der Waals surface area contributed by atoms with Crippen LogP contribution >= 0.6 is 11.8 Å². The number of hydrogen-bond acceptors (Lipinski definition) is 4. The average molecular weight is 281 g/mol. The van der Waals surface area contributed by atoms with Gasteiger partial charge in [-0.25, -0.2) is 0 Å². The zero-order valence-corrected chi connectivity index (χ0v) is 11.3. The maximum atomic E-state index is 11.5. The molecular weight excluding hydrogens is 266 g/mol. The summed E-state index contributed by atoms with van der Waals surface area (Å²) in [6.07, 6.45) is 0.409. The van der Waals surface area contributed by atoms with Gasteiger partial charge < -0.3 is 10.4 Å². The standard InChI is InChI=1S/C13H15NO4S/c1-2-11(15)9-4-3-5-10(6-9)14-12(16)7-19-8-13(17)18/h3-6H,2,7-8H2,1H3,(H,14,16)(H,17,18). The van der Waals surface area contributed by atoms with E-state index in [1.165, 1.54) is 0 Å². The Hall–Kier alpha value is -1.82. The van der Waals surface area contributed by atoms with Crippen molar-refractivity contribution in [2.24, 2.45) is 0 Å². The number of nitrogens with one attached hydrogen (secondary N) is 1. The number of thioether (sulfide) groups is 1. The van der Waals surface area contributed by atoms with Gasteiger partial charge in [0.1, 0.15) is 0 Å². The number of carboxylic acid groups (broad SMARTS) is 1. The minimum absolute atomic E-state index is 0.0105. The normalized spacial score (nSPS) is 9.95. The fourth-order valence-electron chi connectivity index (χ4n) is 1.40. The first kappa shape index (κ1) is 15.2. The molecule has 0 aromatic heterocycles. The van der Waals surface area contributed by atoms with Gasteiger partial charge in [0.25, 0.3) is 0 Å². The smallest absolute Gasteiger partial charge is 0.313 e. The van der Waals surface area contributed by atoms with E-state index < -0.39 is 5.97 Å². The second-order valence-corrected chi connectivity index (χ2v) is 4.78. The number of carbonyl (C=O) groups is 3. The van der Waals surface area contributed by atoms with Gasteiger partial charge in [0, 0.05) is 17.7 Å². The van der Waals surface area contributed by atoms with Crippen LogP contribution < -0.4 is 5.32 Å². The van der Waals surface area contributed by atoms with Crippen LogP contribution in [0.3, 0.4) is 0 Å². The number of hydrogen-bond donors (Lipinski definition) is 2. The van der Waals surface area contributed by atoms with Crippen LogP contribution in [0.5, 0.6) is 0 Å². The van der Waals surface area contributed by atoms with Gasteiger partial charge in [-0.3, -0.25) is 14.4 Å². The first-order valence-corrected chi connectivity index (χ1v) is 6.91. The van der Waals surface area contributed by atoms with Crippen molar-refractivity contribution < 1.29 is 19.5 Å². The highest BCUT2D eigenvalue weighted by atomic mass is 32.2. The molecule has 0 unspecified atom stereocenters. The lowest BCUT2D eigenvalue weighted by Crippen LogP contribution is -2.15. The summed E-state index contributed by atoms with van der Waals surface area (Å²) >= 11 is 1.03. The van der Waals surface area contributed by atoms with Crippen LogP contribution in [-0.2, 0) is 9.59 Å². The lowest BCUT2D eigenvalue weighted by atomic mass is 10.1. The minimum atomic E-state index is -0.951. The van der Waals surface area contributed by atoms with E-state index in [4.69, 9.17) is 5.11 Å². The van der Waals surface area contributed by atoms with Crippen LogP contribution in [-0.4, -0.2) is 34.3 Å². The summed E-state index contributed by atoms with van der Waals surface area (Å²) in [5, 5.41) is 11.1. The van der Waals surface area contributed by atoms with E-state index in [-0.39, 0.29) is 23.2 Å². The van der Waals surface area contributed by atoms with Gasteiger partial charge in [0.05, 0.1) is 11.5 Å². The van der Waals surface area contributed by atoms with Crippen molar-refractivity contribution in [3.63, 3.8) is 0 Å². The molecule has 0 aliphatic carbocycles. The summed E-state index contributed by atoms with van der Waals surface area (Å²) in [5.41, 5.74) is 1.10. The molecule has 0 bridgehead atoms. The van der Waals surface area contributed by atoms with Gasteiger partial charge >= 0.3 is 5.97 Å². The van der Waals surface area contributed by atoms with E-state index in [2.05, 4.69) is 5.32 Å². The van der Waals surface area contributed by atoms with Gasteiger partial charge in [-0.05, 0) is 12.1 Å². The van der Waals surface area contributed by atoms with Gasteiger partial charge in [-0.15, -0.1) is 11.8 Å². The summed E-state index contributed by atoms with van der Waals surface area (Å²) in [4.78, 5) is 33.4. The van der Waals surface area contributed by atoms with Crippen molar-refractivity contribution in [3.05, 3.63) is 29.8 Å². The number of carboxylic acids is 1. The maximum absolute atomic E-state index is 11.5. The second kappa shape index (κ2) is 7.58. The molecule has 1 aromatic rings. The monoisotopic (exact) mass is 281 g/mol. The van der Waals surface area contributed by atoms with E-state index in [1.54, 1.807) is 31.2 Å². The highest BCUT2D eigenvalue weighted by molar-refractivity contribution is 8.00. The summed E-state index contributed by atoms with van der Waals surface area (Å²) in [6.45, 7) is 1.77. The van der Waals surface area contributed by atoms with Crippen LogP contribution in [0.25, 0.3) is 0 Å². The Kier molecular flexibility index (Phi) is 6.08. The Morgan fingerprint density at radius 2 is 2.00 bits per heavy atom. The van der Waals surface area contributed by atoms with Crippen LogP contribution in [0.15, 0.2) is 24.3 Å². The van der Waals surface area contributed by atoms with Crippen molar-refractivity contribution in [1.29, 1.82) is 0 Å². The minimum Gasteiger partial charge on any atom is -0.481 e. The quantitative estimate of drug-likeness (QED) is 0.747. The number of carbonyl (C=O) groups excluding carboxylic acids is 2. The zero-order chi connectivity index (χ0) is 14.3. The zero-order valence-electron chi connectivity index (χ0n) is 10.5. The number of Topliss-reactive ketones (excluding diaryl/α,β-unsaturated/α-hetero) is 1. The molecule has 1 rings (SSSR count). The van der Waals surface area contributed by atoms with Crippen LogP contribution in [0, 0.1) is 0 Å². The molecule has 0 aliphatic heterocycles. The molecule has 5 nitrogen and oxygen atoms in total. The molecule has 0 aliphatic rings. The van der Waals surface area contributed by atoms with Crippen LogP contribution in [0.1, 0.15) is 23.7 Å². The summed E-state index contributed by atoms with van der Waals surface area (Å²) < 4.78 is 0. The molecule has 0 radical (unpaired) electrons. The third-order valence-electron chi connectivity index (χ3n) is 2.25. The third kappa shape index (κ3) is 5.56. The number of anilines is 1. The Morgan fingerprint density at radius 1 is 1.26 bits per heavy atom. The largest absolute Gasteiger partial charge is 0.481 e. The van der Waals surface area contributed by atoms with Crippen molar-refractivity contribution in [2.75, 3.05) is 16.8 Å². The lowest BCUT2D eigenvalue weighted by Gasteiger charge is -2.06. The summed E-state index contributed by atoms with van der Waals surface area (Å²) in [7, 11) is 0. The fraction of sp³-hybridized carbons (Fsp3) is 0.308. The molecule has 1 amide bonds. The Bertz CT molecular complexity index is 487. The number of benzene rings is 1. The molecule has 0 saturated heterocycles. The predicted molar refractivity (Wildman–Crippen MR) is 74.7 cm³/mol. The Labute approximate surface area is 115 Å². The molecule has 0 saturated carbocycles. The Morgan fingerprint density at radius 3 is 2.63 bits per heavy atom. The molecule has 0 heterocycles. The number of ketones is 1. The molecule has 0 atom stereocenters.